The maximum Gasteiger partial charge on any atom is 0.259 e. The quantitative estimate of drug-likeness (QED) is 0.848. The smallest absolute Gasteiger partial charge is 0.259 e. The monoisotopic (exact) mass is 350 g/mol. The fourth-order valence-electron chi connectivity index (χ4n) is 4.15. The topological polar surface area (TPSA) is 73.1 Å². The zero-order chi connectivity index (χ0) is 17.8. The van der Waals surface area contributed by atoms with E-state index in [4.69, 9.17) is 4.52 Å². The number of piperazine rings is 1. The number of likely N-dealkylation sites (N-methyl/N-ethyl adjacent to an activating group) is 1. The fourth-order valence-corrected chi connectivity index (χ4v) is 4.15. The molecule has 1 amide bonds. The van der Waals surface area contributed by atoms with Gasteiger partial charge in [0, 0.05) is 51.9 Å². The second-order valence-electron chi connectivity index (χ2n) is 7.37. The first-order chi connectivity index (χ1) is 12.1. The van der Waals surface area contributed by atoms with Crippen molar-refractivity contribution in [2.45, 2.75) is 32.2 Å². The molecule has 2 aliphatic rings. The lowest BCUT2D eigenvalue weighted by Gasteiger charge is -2.46. The van der Waals surface area contributed by atoms with Crippen LogP contribution in [0.2, 0.25) is 0 Å². The molecule has 2 aliphatic heterocycles. The molecule has 7 heteroatoms. The summed E-state index contributed by atoms with van der Waals surface area (Å²) in [5, 5.41) is 13.0. The summed E-state index contributed by atoms with van der Waals surface area (Å²) < 4.78 is 5.05. The van der Waals surface area contributed by atoms with Crippen LogP contribution in [0.3, 0.4) is 0 Å². The fraction of sp³-hybridized carbons (Fsp3) is 0.778. The van der Waals surface area contributed by atoms with Gasteiger partial charge in [-0.25, -0.2) is 0 Å². The second-order valence-corrected chi connectivity index (χ2v) is 7.37. The number of likely N-dealkylation sites (tertiary alicyclic amines) is 1. The zero-order valence-corrected chi connectivity index (χ0v) is 15.4. The minimum Gasteiger partial charge on any atom is -0.396 e. The summed E-state index contributed by atoms with van der Waals surface area (Å²) in [4.78, 5) is 19.7. The molecule has 25 heavy (non-hydrogen) atoms. The third kappa shape index (κ3) is 4.22. The summed E-state index contributed by atoms with van der Waals surface area (Å²) in [6.07, 6.45) is 4.27. The number of hydrogen-bond acceptors (Lipinski definition) is 6. The molecule has 0 aliphatic carbocycles. The van der Waals surface area contributed by atoms with Crippen LogP contribution in [-0.2, 0) is 0 Å². The van der Waals surface area contributed by atoms with E-state index < -0.39 is 0 Å². The molecule has 1 aromatic heterocycles. The Morgan fingerprint density at radius 3 is 2.72 bits per heavy atom. The summed E-state index contributed by atoms with van der Waals surface area (Å²) in [6, 6.07) is 0.507. The average molecular weight is 350 g/mol. The van der Waals surface area contributed by atoms with Crippen molar-refractivity contribution in [1.29, 1.82) is 0 Å². The molecule has 2 fully saturated rings. The summed E-state index contributed by atoms with van der Waals surface area (Å²) in [6.45, 7) is 7.91. The minimum absolute atomic E-state index is 0.0181. The van der Waals surface area contributed by atoms with E-state index in [0.717, 1.165) is 58.5 Å². The van der Waals surface area contributed by atoms with Crippen molar-refractivity contribution in [3.63, 3.8) is 0 Å². The third-order valence-electron chi connectivity index (χ3n) is 5.70. The average Bonchev–Trinajstić information content (AvgIpc) is 3.06. The standard InChI is InChI=1S/C18H30N4O3/c1-14-16(12-19-25-14)18(24)22-6-5-17(15(13-22)4-3-11-23)21-9-7-20(2)8-10-21/h12,15,17,23H,3-11,13H2,1-2H3/t15-,17+/m1/s1. The molecule has 0 aromatic carbocycles. The second kappa shape index (κ2) is 8.29. The lowest BCUT2D eigenvalue weighted by atomic mass is 9.86. The van der Waals surface area contributed by atoms with Crippen LogP contribution in [0.4, 0.5) is 0 Å². The highest BCUT2D eigenvalue weighted by Crippen LogP contribution is 2.28. The zero-order valence-electron chi connectivity index (χ0n) is 15.4. The van der Waals surface area contributed by atoms with Crippen LogP contribution < -0.4 is 0 Å². The summed E-state index contributed by atoms with van der Waals surface area (Å²) in [5.41, 5.74) is 0.568. The van der Waals surface area contributed by atoms with Gasteiger partial charge in [-0.15, -0.1) is 0 Å². The Bertz CT molecular complexity index is 568. The lowest BCUT2D eigenvalue weighted by Crippen LogP contribution is -2.57. The highest BCUT2D eigenvalue weighted by molar-refractivity contribution is 5.94. The molecule has 2 saturated heterocycles. The molecule has 0 bridgehead atoms. The minimum atomic E-state index is 0.0181. The largest absolute Gasteiger partial charge is 0.396 e. The Hall–Kier alpha value is -1.44. The maximum absolute atomic E-state index is 12.8. The van der Waals surface area contributed by atoms with E-state index in [1.165, 1.54) is 6.20 Å². The maximum atomic E-state index is 12.8. The number of aryl methyl sites for hydroxylation is 1. The Kier molecular flexibility index (Phi) is 6.09. The van der Waals surface area contributed by atoms with E-state index in [0.29, 0.717) is 23.3 Å². The van der Waals surface area contributed by atoms with Crippen LogP contribution in [0.5, 0.6) is 0 Å². The van der Waals surface area contributed by atoms with E-state index in [9.17, 15) is 9.90 Å². The number of hydrogen-bond donors (Lipinski definition) is 1. The van der Waals surface area contributed by atoms with Crippen LogP contribution >= 0.6 is 0 Å². The Labute approximate surface area is 149 Å². The number of amides is 1. The van der Waals surface area contributed by atoms with Crippen molar-refractivity contribution in [3.05, 3.63) is 17.5 Å². The van der Waals surface area contributed by atoms with E-state index in [-0.39, 0.29) is 12.5 Å². The van der Waals surface area contributed by atoms with Crippen LogP contribution in [0.15, 0.2) is 10.7 Å². The number of carbonyl (C=O) groups is 1. The van der Waals surface area contributed by atoms with E-state index in [1.807, 2.05) is 4.90 Å². The number of rotatable bonds is 5. The van der Waals surface area contributed by atoms with E-state index in [1.54, 1.807) is 6.92 Å². The van der Waals surface area contributed by atoms with Gasteiger partial charge in [0.1, 0.15) is 11.3 Å². The Morgan fingerprint density at radius 1 is 1.32 bits per heavy atom. The van der Waals surface area contributed by atoms with Gasteiger partial charge in [-0.05, 0) is 39.2 Å². The van der Waals surface area contributed by atoms with Gasteiger partial charge in [0.05, 0.1) is 6.20 Å². The first-order valence-electron chi connectivity index (χ1n) is 9.34. The number of nitrogens with zero attached hydrogens (tertiary/aromatic N) is 4. The highest BCUT2D eigenvalue weighted by atomic mass is 16.5. The van der Waals surface area contributed by atoms with Gasteiger partial charge < -0.3 is 19.4 Å². The van der Waals surface area contributed by atoms with E-state index >= 15 is 0 Å². The van der Waals surface area contributed by atoms with Crippen molar-refractivity contribution < 1.29 is 14.4 Å². The first kappa shape index (κ1) is 18.4. The van der Waals surface area contributed by atoms with Gasteiger partial charge in [-0.1, -0.05) is 5.16 Å². The molecule has 0 radical (unpaired) electrons. The predicted octanol–water partition coefficient (Wildman–Crippen LogP) is 0.834. The van der Waals surface area contributed by atoms with Gasteiger partial charge in [0.15, 0.2) is 0 Å². The Balaban J connectivity index is 1.67. The van der Waals surface area contributed by atoms with Gasteiger partial charge in [0.2, 0.25) is 0 Å². The van der Waals surface area contributed by atoms with Crippen LogP contribution in [-0.4, -0.2) is 89.8 Å². The van der Waals surface area contributed by atoms with Crippen LogP contribution in [0.25, 0.3) is 0 Å². The van der Waals surface area contributed by atoms with Crippen LogP contribution in [0, 0.1) is 12.8 Å². The molecule has 2 atom stereocenters. The first-order valence-corrected chi connectivity index (χ1v) is 9.34. The van der Waals surface area contributed by atoms with Crippen molar-refractivity contribution in [1.82, 2.24) is 19.9 Å². The van der Waals surface area contributed by atoms with Gasteiger partial charge >= 0.3 is 0 Å². The molecule has 140 valence electrons. The number of carbonyl (C=O) groups excluding carboxylic acids is 1. The molecular formula is C18H30N4O3. The van der Waals surface area contributed by atoms with Crippen molar-refractivity contribution in [2.75, 3.05) is 52.9 Å². The van der Waals surface area contributed by atoms with Crippen molar-refractivity contribution in [2.24, 2.45) is 5.92 Å². The summed E-state index contributed by atoms with van der Waals surface area (Å²) in [5.74, 6) is 1.01. The molecule has 3 rings (SSSR count). The third-order valence-corrected chi connectivity index (χ3v) is 5.70. The summed E-state index contributed by atoms with van der Waals surface area (Å²) >= 11 is 0. The molecular weight excluding hydrogens is 320 g/mol. The van der Waals surface area contributed by atoms with Crippen molar-refractivity contribution >= 4 is 5.91 Å². The van der Waals surface area contributed by atoms with Crippen LogP contribution in [0.1, 0.15) is 35.4 Å². The Morgan fingerprint density at radius 2 is 2.08 bits per heavy atom. The number of aliphatic hydroxyl groups is 1. The molecule has 0 saturated carbocycles. The molecule has 7 nitrogen and oxygen atoms in total. The molecule has 0 unspecified atom stereocenters. The molecule has 0 spiro atoms. The highest BCUT2D eigenvalue weighted by Gasteiger charge is 2.36. The normalized spacial score (nSPS) is 26.1. The SMILES string of the molecule is Cc1oncc1C(=O)N1CC[C@H](N2CCN(C)CC2)[C@H](CCCO)C1. The predicted molar refractivity (Wildman–Crippen MR) is 94.4 cm³/mol. The van der Waals surface area contributed by atoms with Gasteiger partial charge in [-0.2, -0.15) is 0 Å². The summed E-state index contributed by atoms with van der Waals surface area (Å²) in [7, 11) is 2.17. The van der Waals surface area contributed by atoms with Gasteiger partial charge in [0.25, 0.3) is 5.91 Å². The van der Waals surface area contributed by atoms with Gasteiger partial charge in [-0.3, -0.25) is 9.69 Å². The molecule has 1 aromatic rings. The number of aliphatic hydroxyl groups excluding tert-OH is 1. The number of aromatic nitrogens is 1. The lowest BCUT2D eigenvalue weighted by molar-refractivity contribution is 0.0217. The van der Waals surface area contributed by atoms with Crippen molar-refractivity contribution in [3.8, 4) is 0 Å². The molecule has 3 heterocycles. The van der Waals surface area contributed by atoms with E-state index in [2.05, 4.69) is 22.0 Å². The molecule has 1 N–H and O–H groups in total. The number of piperidine rings is 1.